The minimum atomic E-state index is -0.00129. The van der Waals surface area contributed by atoms with Gasteiger partial charge in [-0.15, -0.1) is 0 Å². The van der Waals surface area contributed by atoms with Crippen molar-refractivity contribution >= 4 is 27.7 Å². The van der Waals surface area contributed by atoms with E-state index in [9.17, 15) is 9.59 Å². The number of carbonyl (C=O) groups is 2. The van der Waals surface area contributed by atoms with E-state index in [4.69, 9.17) is 5.73 Å². The summed E-state index contributed by atoms with van der Waals surface area (Å²) in [6.07, 6.45) is 3.93. The summed E-state index contributed by atoms with van der Waals surface area (Å²) in [5.74, 6) is 0.307. The third kappa shape index (κ3) is 5.60. The molecule has 5 nitrogen and oxygen atoms in total. The van der Waals surface area contributed by atoms with Gasteiger partial charge in [0.2, 0.25) is 11.8 Å². The molecule has 132 valence electrons. The largest absolute Gasteiger partial charge is 0.356 e. The SMILES string of the molecule is CN(Cc1ccccc1Br)C(=O)CCNC(=O)C[C@@H]1CCC[C@H]1N. The molecule has 3 N–H and O–H groups in total. The minimum absolute atomic E-state index is 0.00129. The van der Waals surface area contributed by atoms with Crippen LogP contribution in [-0.4, -0.2) is 36.3 Å². The van der Waals surface area contributed by atoms with Crippen molar-refractivity contribution in [3.05, 3.63) is 34.3 Å². The highest BCUT2D eigenvalue weighted by Gasteiger charge is 2.25. The van der Waals surface area contributed by atoms with Crippen LogP contribution in [-0.2, 0) is 16.1 Å². The van der Waals surface area contributed by atoms with Gasteiger partial charge < -0.3 is 16.0 Å². The second kappa shape index (κ2) is 9.18. The van der Waals surface area contributed by atoms with E-state index in [0.29, 0.717) is 31.8 Å². The quantitative estimate of drug-likeness (QED) is 0.744. The van der Waals surface area contributed by atoms with Crippen molar-refractivity contribution in [1.29, 1.82) is 0 Å². The van der Waals surface area contributed by atoms with E-state index in [1.54, 1.807) is 11.9 Å². The molecule has 0 aromatic heterocycles. The van der Waals surface area contributed by atoms with Crippen LogP contribution in [0, 0.1) is 5.92 Å². The third-order valence-corrected chi connectivity index (χ3v) is 5.39. The Labute approximate surface area is 152 Å². The van der Waals surface area contributed by atoms with Crippen molar-refractivity contribution in [3.8, 4) is 0 Å². The van der Waals surface area contributed by atoms with Crippen molar-refractivity contribution in [1.82, 2.24) is 10.2 Å². The second-order valence-electron chi connectivity index (χ2n) is 6.50. The molecule has 0 radical (unpaired) electrons. The molecule has 0 bridgehead atoms. The summed E-state index contributed by atoms with van der Waals surface area (Å²) < 4.78 is 0.992. The molecule has 2 rings (SSSR count). The van der Waals surface area contributed by atoms with Crippen LogP contribution in [0.5, 0.6) is 0 Å². The van der Waals surface area contributed by atoms with Gasteiger partial charge in [0.1, 0.15) is 0 Å². The molecule has 1 aromatic carbocycles. The first-order chi connectivity index (χ1) is 11.5. The zero-order chi connectivity index (χ0) is 17.5. The zero-order valence-electron chi connectivity index (χ0n) is 14.1. The molecule has 0 unspecified atom stereocenters. The molecular formula is C18H26BrN3O2. The fourth-order valence-electron chi connectivity index (χ4n) is 3.10. The number of carbonyl (C=O) groups excluding carboxylic acids is 2. The summed E-state index contributed by atoms with van der Waals surface area (Å²) in [4.78, 5) is 25.8. The number of hydrogen-bond donors (Lipinski definition) is 2. The topological polar surface area (TPSA) is 75.4 Å². The number of rotatable bonds is 7. The number of halogens is 1. The summed E-state index contributed by atoms with van der Waals surface area (Å²) in [5, 5.41) is 2.84. The Morgan fingerprint density at radius 2 is 2.08 bits per heavy atom. The Hall–Kier alpha value is -1.40. The monoisotopic (exact) mass is 395 g/mol. The molecule has 1 fully saturated rings. The van der Waals surface area contributed by atoms with Gasteiger partial charge in [0.15, 0.2) is 0 Å². The Kier molecular flexibility index (Phi) is 7.24. The Morgan fingerprint density at radius 3 is 2.75 bits per heavy atom. The van der Waals surface area contributed by atoms with Crippen LogP contribution in [0.4, 0.5) is 0 Å². The standard InChI is InChI=1S/C18H26BrN3O2/c1-22(12-14-5-2-3-7-15(14)19)18(24)9-10-21-17(23)11-13-6-4-8-16(13)20/h2-3,5,7,13,16H,4,6,8-12,20H2,1H3,(H,21,23)/t13-,16+/m0/s1. The van der Waals surface area contributed by atoms with Crippen LogP contribution in [0.1, 0.15) is 37.7 Å². The van der Waals surface area contributed by atoms with E-state index in [-0.39, 0.29) is 17.9 Å². The number of nitrogens with zero attached hydrogens (tertiary/aromatic N) is 1. The highest BCUT2D eigenvalue weighted by atomic mass is 79.9. The van der Waals surface area contributed by atoms with Crippen LogP contribution in [0.25, 0.3) is 0 Å². The summed E-state index contributed by atoms with van der Waals surface area (Å²) in [5.41, 5.74) is 7.05. The Morgan fingerprint density at radius 1 is 1.33 bits per heavy atom. The van der Waals surface area contributed by atoms with E-state index < -0.39 is 0 Å². The van der Waals surface area contributed by atoms with Crippen molar-refractivity contribution < 1.29 is 9.59 Å². The van der Waals surface area contributed by atoms with Gasteiger partial charge in [0.05, 0.1) is 0 Å². The van der Waals surface area contributed by atoms with Gasteiger partial charge >= 0.3 is 0 Å². The number of benzene rings is 1. The number of hydrogen-bond acceptors (Lipinski definition) is 3. The van der Waals surface area contributed by atoms with Gasteiger partial charge in [0.25, 0.3) is 0 Å². The van der Waals surface area contributed by atoms with Gasteiger partial charge in [0, 0.05) is 43.5 Å². The maximum Gasteiger partial charge on any atom is 0.224 e. The molecule has 1 saturated carbocycles. The highest BCUT2D eigenvalue weighted by molar-refractivity contribution is 9.10. The first-order valence-corrected chi connectivity index (χ1v) is 9.26. The van der Waals surface area contributed by atoms with E-state index in [2.05, 4.69) is 21.2 Å². The molecule has 1 aliphatic rings. The first-order valence-electron chi connectivity index (χ1n) is 8.47. The van der Waals surface area contributed by atoms with Crippen LogP contribution < -0.4 is 11.1 Å². The van der Waals surface area contributed by atoms with Gasteiger partial charge in [-0.3, -0.25) is 9.59 Å². The van der Waals surface area contributed by atoms with E-state index in [1.807, 2.05) is 24.3 Å². The van der Waals surface area contributed by atoms with E-state index in [0.717, 1.165) is 29.3 Å². The molecule has 6 heteroatoms. The fraction of sp³-hybridized carbons (Fsp3) is 0.556. The summed E-state index contributed by atoms with van der Waals surface area (Å²) in [6.45, 7) is 0.922. The van der Waals surface area contributed by atoms with Gasteiger partial charge in [-0.25, -0.2) is 0 Å². The Balaban J connectivity index is 1.68. The van der Waals surface area contributed by atoms with Crippen molar-refractivity contribution in [3.63, 3.8) is 0 Å². The molecule has 0 spiro atoms. The lowest BCUT2D eigenvalue weighted by molar-refractivity contribution is -0.130. The molecule has 2 atom stereocenters. The van der Waals surface area contributed by atoms with Crippen LogP contribution in [0.3, 0.4) is 0 Å². The van der Waals surface area contributed by atoms with Crippen molar-refractivity contribution in [2.24, 2.45) is 11.7 Å². The van der Waals surface area contributed by atoms with Crippen LogP contribution in [0.15, 0.2) is 28.7 Å². The average molecular weight is 396 g/mol. The summed E-state index contributed by atoms with van der Waals surface area (Å²) >= 11 is 3.49. The van der Waals surface area contributed by atoms with Crippen LogP contribution in [0.2, 0.25) is 0 Å². The highest BCUT2D eigenvalue weighted by Crippen LogP contribution is 2.26. The molecular weight excluding hydrogens is 370 g/mol. The maximum absolute atomic E-state index is 12.2. The predicted octanol–water partition coefficient (Wildman–Crippen LogP) is 2.43. The van der Waals surface area contributed by atoms with Gasteiger partial charge in [-0.1, -0.05) is 40.5 Å². The van der Waals surface area contributed by atoms with Crippen molar-refractivity contribution in [2.45, 2.75) is 44.7 Å². The van der Waals surface area contributed by atoms with Gasteiger partial charge in [-0.05, 0) is 30.4 Å². The van der Waals surface area contributed by atoms with Gasteiger partial charge in [-0.2, -0.15) is 0 Å². The van der Waals surface area contributed by atoms with E-state index >= 15 is 0 Å². The lowest BCUT2D eigenvalue weighted by atomic mass is 10.00. The minimum Gasteiger partial charge on any atom is -0.356 e. The summed E-state index contributed by atoms with van der Waals surface area (Å²) in [6, 6.07) is 7.99. The second-order valence-corrected chi connectivity index (χ2v) is 7.35. The van der Waals surface area contributed by atoms with Crippen molar-refractivity contribution in [2.75, 3.05) is 13.6 Å². The van der Waals surface area contributed by atoms with E-state index in [1.165, 1.54) is 0 Å². The third-order valence-electron chi connectivity index (χ3n) is 4.62. The van der Waals surface area contributed by atoms with Crippen LogP contribution >= 0.6 is 15.9 Å². The molecule has 1 aromatic rings. The molecule has 0 heterocycles. The zero-order valence-corrected chi connectivity index (χ0v) is 15.7. The number of nitrogens with two attached hydrogens (primary N) is 1. The lowest BCUT2D eigenvalue weighted by Crippen LogP contribution is -2.34. The molecule has 2 amide bonds. The maximum atomic E-state index is 12.2. The number of nitrogens with one attached hydrogen (secondary N) is 1. The molecule has 0 saturated heterocycles. The average Bonchev–Trinajstić information content (AvgIpc) is 2.94. The molecule has 1 aliphatic carbocycles. The predicted molar refractivity (Wildman–Crippen MR) is 98.2 cm³/mol. The smallest absolute Gasteiger partial charge is 0.224 e. The molecule has 0 aliphatic heterocycles. The number of amides is 2. The normalized spacial score (nSPS) is 20.0. The molecule has 24 heavy (non-hydrogen) atoms. The first kappa shape index (κ1) is 18.9. The summed E-state index contributed by atoms with van der Waals surface area (Å²) in [7, 11) is 1.78. The fourth-order valence-corrected chi connectivity index (χ4v) is 3.51. The Bertz CT molecular complexity index is 579. The lowest BCUT2D eigenvalue weighted by Gasteiger charge is -2.19.